The van der Waals surface area contributed by atoms with Gasteiger partial charge in [-0.25, -0.2) is 4.79 Å². The molecule has 0 radical (unpaired) electrons. The van der Waals surface area contributed by atoms with Gasteiger partial charge in [0.05, 0.1) is 18.5 Å². The normalized spacial score (nSPS) is 10.1. The number of carbonyl (C=O) groups is 2. The van der Waals surface area contributed by atoms with Gasteiger partial charge in [0.25, 0.3) is 5.91 Å². The number of methoxy groups -OCH3 is 1. The highest BCUT2D eigenvalue weighted by atomic mass is 32.1. The molecule has 0 bridgehead atoms. The van der Waals surface area contributed by atoms with Crippen LogP contribution in [-0.2, 0) is 4.74 Å². The molecule has 0 saturated heterocycles. The standard InChI is InChI=1S/C10H9N3O3S2/c1-5-7(18-13-12-5)9(14)11-6-3-4-17-8(6)10(15)16-2/h3-4H,1-2H3,(H,11,14). The first-order chi connectivity index (χ1) is 8.63. The molecular weight excluding hydrogens is 274 g/mol. The van der Waals surface area contributed by atoms with Gasteiger partial charge in [0, 0.05) is 0 Å². The zero-order valence-corrected chi connectivity index (χ0v) is 11.2. The third-order valence-electron chi connectivity index (χ3n) is 2.14. The van der Waals surface area contributed by atoms with Gasteiger partial charge < -0.3 is 10.1 Å². The molecule has 0 aliphatic carbocycles. The highest BCUT2D eigenvalue weighted by molar-refractivity contribution is 7.12. The van der Waals surface area contributed by atoms with Crippen molar-refractivity contribution in [2.24, 2.45) is 0 Å². The summed E-state index contributed by atoms with van der Waals surface area (Å²) in [5.74, 6) is -0.800. The van der Waals surface area contributed by atoms with E-state index in [4.69, 9.17) is 0 Å². The Morgan fingerprint density at radius 3 is 2.78 bits per heavy atom. The first kappa shape index (κ1) is 12.7. The van der Waals surface area contributed by atoms with Crippen LogP contribution in [0.5, 0.6) is 0 Å². The van der Waals surface area contributed by atoms with Crippen LogP contribution >= 0.6 is 22.9 Å². The van der Waals surface area contributed by atoms with E-state index in [1.165, 1.54) is 18.4 Å². The SMILES string of the molecule is COC(=O)c1sccc1NC(=O)c1snnc1C. The van der Waals surface area contributed by atoms with E-state index in [0.717, 1.165) is 11.5 Å². The first-order valence-electron chi connectivity index (χ1n) is 4.89. The minimum Gasteiger partial charge on any atom is -0.465 e. The molecule has 94 valence electrons. The lowest BCUT2D eigenvalue weighted by Gasteiger charge is -2.03. The van der Waals surface area contributed by atoms with E-state index in [-0.39, 0.29) is 5.91 Å². The van der Waals surface area contributed by atoms with Gasteiger partial charge in [-0.15, -0.1) is 16.4 Å². The minimum absolute atomic E-state index is 0.328. The van der Waals surface area contributed by atoms with Crippen LogP contribution in [0, 0.1) is 6.92 Å². The lowest BCUT2D eigenvalue weighted by Crippen LogP contribution is -2.13. The minimum atomic E-state index is -0.473. The van der Waals surface area contributed by atoms with Crippen molar-refractivity contribution in [1.29, 1.82) is 0 Å². The Kier molecular flexibility index (Phi) is 3.68. The number of rotatable bonds is 3. The second-order valence-electron chi connectivity index (χ2n) is 3.30. The van der Waals surface area contributed by atoms with Crippen molar-refractivity contribution in [3.63, 3.8) is 0 Å². The van der Waals surface area contributed by atoms with Crippen molar-refractivity contribution in [3.05, 3.63) is 26.9 Å². The van der Waals surface area contributed by atoms with Gasteiger partial charge in [-0.1, -0.05) is 4.49 Å². The Labute approximate surface area is 111 Å². The molecule has 0 unspecified atom stereocenters. The maximum Gasteiger partial charge on any atom is 0.350 e. The fourth-order valence-electron chi connectivity index (χ4n) is 1.28. The van der Waals surface area contributed by atoms with E-state index in [9.17, 15) is 9.59 Å². The molecule has 0 saturated carbocycles. The Bertz CT molecular complexity index is 591. The van der Waals surface area contributed by atoms with E-state index >= 15 is 0 Å². The summed E-state index contributed by atoms with van der Waals surface area (Å²) in [6, 6.07) is 1.65. The van der Waals surface area contributed by atoms with Gasteiger partial charge in [-0.2, -0.15) is 0 Å². The van der Waals surface area contributed by atoms with Crippen molar-refractivity contribution in [3.8, 4) is 0 Å². The molecule has 1 N–H and O–H groups in total. The third kappa shape index (κ3) is 2.39. The van der Waals surface area contributed by atoms with Crippen LogP contribution in [0.3, 0.4) is 0 Å². The van der Waals surface area contributed by atoms with Crippen molar-refractivity contribution >= 4 is 40.4 Å². The second-order valence-corrected chi connectivity index (χ2v) is 4.97. The number of aromatic nitrogens is 2. The molecule has 0 aliphatic rings. The summed E-state index contributed by atoms with van der Waals surface area (Å²) < 4.78 is 8.32. The van der Waals surface area contributed by atoms with Crippen molar-refractivity contribution in [2.75, 3.05) is 12.4 Å². The monoisotopic (exact) mass is 283 g/mol. The summed E-state index contributed by atoms with van der Waals surface area (Å²) in [4.78, 5) is 24.2. The van der Waals surface area contributed by atoms with Crippen LogP contribution in [0.15, 0.2) is 11.4 Å². The summed E-state index contributed by atoms with van der Waals surface area (Å²) >= 11 is 2.22. The lowest BCUT2D eigenvalue weighted by atomic mass is 10.3. The lowest BCUT2D eigenvalue weighted by molar-refractivity contribution is 0.0607. The van der Waals surface area contributed by atoms with Crippen LogP contribution in [0.4, 0.5) is 5.69 Å². The van der Waals surface area contributed by atoms with Gasteiger partial charge in [-0.05, 0) is 29.9 Å². The van der Waals surface area contributed by atoms with E-state index in [1.807, 2.05) is 0 Å². The molecule has 0 spiro atoms. The molecule has 2 heterocycles. The number of ether oxygens (including phenoxy) is 1. The topological polar surface area (TPSA) is 81.2 Å². The number of thiophene rings is 1. The molecule has 0 fully saturated rings. The predicted molar refractivity (Wildman–Crippen MR) is 68.3 cm³/mol. The second kappa shape index (κ2) is 5.23. The Morgan fingerprint density at radius 2 is 2.17 bits per heavy atom. The molecule has 2 aromatic rings. The number of aryl methyl sites for hydroxylation is 1. The number of nitrogens with one attached hydrogen (secondary N) is 1. The van der Waals surface area contributed by atoms with E-state index < -0.39 is 5.97 Å². The van der Waals surface area contributed by atoms with Crippen molar-refractivity contribution < 1.29 is 14.3 Å². The number of hydrogen-bond donors (Lipinski definition) is 1. The third-order valence-corrected chi connectivity index (χ3v) is 3.86. The number of nitrogens with zero attached hydrogens (tertiary/aromatic N) is 2. The fourth-order valence-corrected chi connectivity index (χ4v) is 2.59. The van der Waals surface area contributed by atoms with E-state index in [2.05, 4.69) is 19.6 Å². The van der Waals surface area contributed by atoms with Gasteiger partial charge in [0.1, 0.15) is 9.75 Å². The van der Waals surface area contributed by atoms with Crippen molar-refractivity contribution in [1.82, 2.24) is 9.59 Å². The number of anilines is 1. The molecule has 2 rings (SSSR count). The van der Waals surface area contributed by atoms with Crippen LogP contribution in [0.25, 0.3) is 0 Å². The smallest absolute Gasteiger partial charge is 0.350 e. The van der Waals surface area contributed by atoms with Crippen LogP contribution in [-0.4, -0.2) is 28.6 Å². The highest BCUT2D eigenvalue weighted by Crippen LogP contribution is 2.24. The largest absolute Gasteiger partial charge is 0.465 e. The summed E-state index contributed by atoms with van der Waals surface area (Å²) in [6.07, 6.45) is 0. The van der Waals surface area contributed by atoms with E-state index in [0.29, 0.717) is 21.1 Å². The Hall–Kier alpha value is -1.80. The molecule has 8 heteroatoms. The molecule has 2 aromatic heterocycles. The maximum absolute atomic E-state index is 11.9. The molecule has 0 aliphatic heterocycles. The number of carbonyl (C=O) groups excluding carboxylic acids is 2. The van der Waals surface area contributed by atoms with Gasteiger partial charge in [0.15, 0.2) is 0 Å². The fraction of sp³-hybridized carbons (Fsp3) is 0.200. The van der Waals surface area contributed by atoms with Gasteiger partial charge in [-0.3, -0.25) is 4.79 Å². The van der Waals surface area contributed by atoms with Crippen LogP contribution in [0.1, 0.15) is 25.0 Å². The number of esters is 1. The summed E-state index contributed by atoms with van der Waals surface area (Å²) in [5.41, 5.74) is 0.997. The molecule has 6 nitrogen and oxygen atoms in total. The average molecular weight is 283 g/mol. The first-order valence-corrected chi connectivity index (χ1v) is 6.55. The van der Waals surface area contributed by atoms with Crippen molar-refractivity contribution in [2.45, 2.75) is 6.92 Å². The predicted octanol–water partition coefficient (Wildman–Crippen LogP) is 1.95. The molecule has 18 heavy (non-hydrogen) atoms. The molecule has 1 amide bonds. The zero-order valence-electron chi connectivity index (χ0n) is 9.59. The van der Waals surface area contributed by atoms with Gasteiger partial charge in [0.2, 0.25) is 0 Å². The molecular formula is C10H9N3O3S2. The average Bonchev–Trinajstić information content (AvgIpc) is 2.97. The Morgan fingerprint density at radius 1 is 1.39 bits per heavy atom. The van der Waals surface area contributed by atoms with Crippen LogP contribution < -0.4 is 5.32 Å². The highest BCUT2D eigenvalue weighted by Gasteiger charge is 2.18. The van der Waals surface area contributed by atoms with E-state index in [1.54, 1.807) is 18.4 Å². The quantitative estimate of drug-likeness (QED) is 0.871. The number of amides is 1. The summed E-state index contributed by atoms with van der Waals surface area (Å²) in [7, 11) is 1.30. The summed E-state index contributed by atoms with van der Waals surface area (Å²) in [6.45, 7) is 1.70. The van der Waals surface area contributed by atoms with Gasteiger partial charge >= 0.3 is 5.97 Å². The molecule has 0 atom stereocenters. The Balaban J connectivity index is 2.20. The number of hydrogen-bond acceptors (Lipinski definition) is 7. The molecule has 0 aromatic carbocycles. The zero-order chi connectivity index (χ0) is 13.1. The summed E-state index contributed by atoms with van der Waals surface area (Å²) in [5, 5.41) is 8.12. The maximum atomic E-state index is 11.9. The van der Waals surface area contributed by atoms with Crippen LogP contribution in [0.2, 0.25) is 0 Å².